The summed E-state index contributed by atoms with van der Waals surface area (Å²) in [6, 6.07) is 2.36. The third-order valence-electron chi connectivity index (χ3n) is 2.80. The molecule has 2 aliphatic rings. The van der Waals surface area contributed by atoms with Crippen molar-refractivity contribution in [1.82, 2.24) is 0 Å². The lowest BCUT2D eigenvalue weighted by atomic mass is 9.91. The molecule has 1 aromatic rings. The van der Waals surface area contributed by atoms with E-state index in [0.717, 1.165) is 0 Å². The van der Waals surface area contributed by atoms with Crippen LogP contribution in [0.25, 0.3) is 6.08 Å². The van der Waals surface area contributed by atoms with Gasteiger partial charge in [-0.05, 0) is 36.5 Å². The van der Waals surface area contributed by atoms with Gasteiger partial charge in [-0.2, -0.15) is 0 Å². The highest BCUT2D eigenvalue weighted by atomic mass is 32.2. The van der Waals surface area contributed by atoms with Crippen LogP contribution in [0.5, 0.6) is 0 Å². The summed E-state index contributed by atoms with van der Waals surface area (Å²) in [5, 5.41) is 0.663. The first kappa shape index (κ1) is 8.81. The van der Waals surface area contributed by atoms with Crippen molar-refractivity contribution in [3.8, 4) is 0 Å². The zero-order valence-corrected chi connectivity index (χ0v) is 9.91. The molecule has 0 spiro atoms. The van der Waals surface area contributed by atoms with Gasteiger partial charge in [-0.25, -0.2) is 0 Å². The van der Waals surface area contributed by atoms with Gasteiger partial charge < -0.3 is 0 Å². The van der Waals surface area contributed by atoms with Gasteiger partial charge in [0.1, 0.15) is 0 Å². The maximum absolute atomic E-state index is 2.42. The first-order chi connectivity index (χ1) is 6.74. The number of thioether (sulfide) groups is 1. The quantitative estimate of drug-likeness (QED) is 0.632. The first-order valence-electron chi connectivity index (χ1n) is 4.87. The van der Waals surface area contributed by atoms with E-state index in [0.29, 0.717) is 11.2 Å². The van der Waals surface area contributed by atoms with Crippen LogP contribution in [0, 0.1) is 6.92 Å². The molecule has 1 aliphatic carbocycles. The molecule has 0 aromatic carbocycles. The molecule has 72 valence electrons. The third-order valence-corrected chi connectivity index (χ3v) is 5.06. The molecule has 0 bridgehead atoms. The maximum atomic E-state index is 2.42. The average molecular weight is 220 g/mol. The number of hydrogen-bond acceptors (Lipinski definition) is 2. The van der Waals surface area contributed by atoms with Crippen molar-refractivity contribution < 1.29 is 0 Å². The number of fused-ring (bicyclic) bond motifs is 3. The van der Waals surface area contributed by atoms with Crippen LogP contribution in [0.15, 0.2) is 23.1 Å². The lowest BCUT2D eigenvalue weighted by Gasteiger charge is -2.19. The molecule has 0 N–H and O–H groups in total. The Balaban J connectivity index is 2.13. The lowest BCUT2D eigenvalue weighted by Crippen LogP contribution is -2.09. The SMILES string of the molecule is CC1=CC2c3cc(C)sc3C=CC2S1. The van der Waals surface area contributed by atoms with Crippen LogP contribution in [0.1, 0.15) is 28.2 Å². The van der Waals surface area contributed by atoms with Crippen LogP contribution < -0.4 is 0 Å². The zero-order chi connectivity index (χ0) is 9.71. The molecule has 2 heteroatoms. The third kappa shape index (κ3) is 1.21. The van der Waals surface area contributed by atoms with E-state index < -0.39 is 0 Å². The number of allylic oxidation sites excluding steroid dienone is 2. The Kier molecular flexibility index (Phi) is 1.89. The van der Waals surface area contributed by atoms with Crippen molar-refractivity contribution in [2.24, 2.45) is 0 Å². The van der Waals surface area contributed by atoms with Crippen LogP contribution >= 0.6 is 23.1 Å². The Bertz CT molecular complexity index is 437. The van der Waals surface area contributed by atoms with E-state index in [9.17, 15) is 0 Å². The Morgan fingerprint density at radius 3 is 3.00 bits per heavy atom. The summed E-state index contributed by atoms with van der Waals surface area (Å²) in [5.41, 5.74) is 1.55. The van der Waals surface area contributed by atoms with Crippen LogP contribution in [0.3, 0.4) is 0 Å². The summed E-state index contributed by atoms with van der Waals surface area (Å²) < 4.78 is 0. The molecule has 0 amide bonds. The molecule has 1 aromatic heterocycles. The maximum Gasteiger partial charge on any atom is 0.0378 e. The van der Waals surface area contributed by atoms with Gasteiger partial charge in [0.2, 0.25) is 0 Å². The Morgan fingerprint density at radius 1 is 1.29 bits per heavy atom. The second kappa shape index (κ2) is 3.01. The second-order valence-corrected chi connectivity index (χ2v) is 6.63. The molecular formula is C12H12S2. The fraction of sp³-hybridized carbons (Fsp3) is 0.333. The fourth-order valence-electron chi connectivity index (χ4n) is 2.23. The molecule has 2 unspecified atom stereocenters. The van der Waals surface area contributed by atoms with E-state index in [1.54, 1.807) is 5.56 Å². The summed E-state index contributed by atoms with van der Waals surface area (Å²) in [7, 11) is 0. The Hall–Kier alpha value is -0.470. The minimum absolute atomic E-state index is 0.643. The van der Waals surface area contributed by atoms with Gasteiger partial charge in [0, 0.05) is 20.9 Å². The van der Waals surface area contributed by atoms with Crippen LogP contribution in [0.2, 0.25) is 0 Å². The largest absolute Gasteiger partial charge is 0.141 e. The zero-order valence-electron chi connectivity index (χ0n) is 8.28. The highest BCUT2D eigenvalue weighted by Crippen LogP contribution is 2.48. The summed E-state index contributed by atoms with van der Waals surface area (Å²) in [6.45, 7) is 4.42. The summed E-state index contributed by atoms with van der Waals surface area (Å²) in [4.78, 5) is 4.37. The Labute approximate surface area is 92.7 Å². The van der Waals surface area contributed by atoms with Crippen molar-refractivity contribution in [2.75, 3.05) is 0 Å². The molecule has 3 rings (SSSR count). The van der Waals surface area contributed by atoms with E-state index in [1.807, 2.05) is 23.1 Å². The number of aryl methyl sites for hydroxylation is 1. The van der Waals surface area contributed by atoms with Gasteiger partial charge >= 0.3 is 0 Å². The molecule has 0 radical (unpaired) electrons. The van der Waals surface area contributed by atoms with Crippen molar-refractivity contribution in [3.05, 3.63) is 38.4 Å². The van der Waals surface area contributed by atoms with Crippen LogP contribution in [0.4, 0.5) is 0 Å². The molecule has 0 nitrogen and oxygen atoms in total. The standard InChI is InChI=1S/C12H12S2/c1-7-5-9-10-6-8(2)14-12(10)4-3-11(9)13-7/h3-6,9,11H,1-2H3. The number of thiophene rings is 1. The highest BCUT2D eigenvalue weighted by molar-refractivity contribution is 8.04. The van der Waals surface area contributed by atoms with Crippen LogP contribution in [-0.2, 0) is 0 Å². The summed E-state index contributed by atoms with van der Waals surface area (Å²) in [6.07, 6.45) is 7.08. The summed E-state index contributed by atoms with van der Waals surface area (Å²) in [5.74, 6) is 0.643. The number of hydrogen-bond donors (Lipinski definition) is 0. The minimum atomic E-state index is 0.643. The average Bonchev–Trinajstić information content (AvgIpc) is 2.65. The predicted octanol–water partition coefficient (Wildman–Crippen LogP) is 4.19. The van der Waals surface area contributed by atoms with E-state index in [2.05, 4.69) is 38.1 Å². The number of rotatable bonds is 0. The molecule has 2 atom stereocenters. The second-order valence-electron chi connectivity index (χ2n) is 3.92. The minimum Gasteiger partial charge on any atom is -0.141 e. The molecule has 0 saturated carbocycles. The van der Waals surface area contributed by atoms with Crippen LogP contribution in [-0.4, -0.2) is 5.25 Å². The molecule has 2 heterocycles. The highest BCUT2D eigenvalue weighted by Gasteiger charge is 2.30. The van der Waals surface area contributed by atoms with E-state index in [1.165, 1.54) is 14.7 Å². The van der Waals surface area contributed by atoms with Gasteiger partial charge in [0.25, 0.3) is 0 Å². The lowest BCUT2D eigenvalue weighted by molar-refractivity contribution is 0.890. The topological polar surface area (TPSA) is 0 Å². The summed E-state index contributed by atoms with van der Waals surface area (Å²) >= 11 is 3.92. The van der Waals surface area contributed by atoms with Gasteiger partial charge in [0.05, 0.1) is 0 Å². The first-order valence-corrected chi connectivity index (χ1v) is 6.57. The van der Waals surface area contributed by atoms with Gasteiger partial charge in [-0.15, -0.1) is 23.1 Å². The monoisotopic (exact) mass is 220 g/mol. The van der Waals surface area contributed by atoms with Crippen molar-refractivity contribution in [1.29, 1.82) is 0 Å². The normalized spacial score (nSPS) is 28.6. The van der Waals surface area contributed by atoms with E-state index in [4.69, 9.17) is 0 Å². The molecule has 1 aliphatic heterocycles. The van der Waals surface area contributed by atoms with Crippen molar-refractivity contribution in [2.45, 2.75) is 25.0 Å². The molecular weight excluding hydrogens is 208 g/mol. The van der Waals surface area contributed by atoms with E-state index >= 15 is 0 Å². The van der Waals surface area contributed by atoms with Gasteiger partial charge in [-0.3, -0.25) is 0 Å². The molecule has 14 heavy (non-hydrogen) atoms. The predicted molar refractivity (Wildman–Crippen MR) is 66.0 cm³/mol. The fourth-order valence-corrected chi connectivity index (χ4v) is 4.40. The van der Waals surface area contributed by atoms with Crippen molar-refractivity contribution in [3.63, 3.8) is 0 Å². The van der Waals surface area contributed by atoms with Gasteiger partial charge in [-0.1, -0.05) is 12.2 Å². The van der Waals surface area contributed by atoms with Crippen molar-refractivity contribution >= 4 is 29.2 Å². The van der Waals surface area contributed by atoms with Gasteiger partial charge in [0.15, 0.2) is 0 Å². The molecule has 0 fully saturated rings. The van der Waals surface area contributed by atoms with E-state index in [-0.39, 0.29) is 0 Å². The smallest absolute Gasteiger partial charge is 0.0378 e. The molecule has 0 saturated heterocycles. The Morgan fingerprint density at radius 2 is 2.14 bits per heavy atom.